The predicted molar refractivity (Wildman–Crippen MR) is 204 cm³/mol. The number of likely N-dealkylation sites (tertiary alicyclic amines) is 1. The van der Waals surface area contributed by atoms with Crippen LogP contribution in [0.2, 0.25) is 0 Å². The molecule has 13 heteroatoms. The van der Waals surface area contributed by atoms with Gasteiger partial charge in [-0.15, -0.1) is 0 Å². The maximum Gasteiger partial charge on any atom is 0.310 e. The third-order valence-electron chi connectivity index (χ3n) is 10.3. The number of hydrogen-bond acceptors (Lipinski definition) is 8. The molecule has 3 rings (SSSR count). The monoisotopic (exact) mass is 751 g/mol. The number of carbonyl (C=O) groups is 7. The van der Waals surface area contributed by atoms with Crippen molar-refractivity contribution >= 4 is 41.3 Å². The van der Waals surface area contributed by atoms with Crippen molar-refractivity contribution in [3.05, 3.63) is 48.2 Å². The van der Waals surface area contributed by atoms with Crippen LogP contribution in [0, 0.1) is 23.7 Å². The van der Waals surface area contributed by atoms with Gasteiger partial charge in [-0.05, 0) is 75.2 Å². The average molecular weight is 752 g/mol. The summed E-state index contributed by atoms with van der Waals surface area (Å²) in [4.78, 5) is 94.8. The second-order valence-electron chi connectivity index (χ2n) is 15.5. The first kappa shape index (κ1) is 43.9. The molecule has 0 bridgehead atoms. The maximum absolute atomic E-state index is 14.4. The highest BCUT2D eigenvalue weighted by Gasteiger charge is 2.51. The average Bonchev–Trinajstić information content (AvgIpc) is 3.72. The van der Waals surface area contributed by atoms with Gasteiger partial charge in [0.1, 0.15) is 18.1 Å². The van der Waals surface area contributed by atoms with E-state index in [0.717, 1.165) is 24.8 Å². The molecule has 0 radical (unpaired) electrons. The largest absolute Gasteiger partial charge is 0.432 e. The molecule has 7 atom stereocenters. The molecule has 2 fully saturated rings. The summed E-state index contributed by atoms with van der Waals surface area (Å²) in [5, 5.41) is 11.3. The normalized spacial score (nSPS) is 19.9. The van der Waals surface area contributed by atoms with Crippen molar-refractivity contribution in [1.29, 1.82) is 0 Å². The fourth-order valence-corrected chi connectivity index (χ4v) is 7.45. The number of amides is 5. The van der Waals surface area contributed by atoms with Crippen molar-refractivity contribution in [2.75, 3.05) is 6.54 Å². The van der Waals surface area contributed by atoms with E-state index < -0.39 is 65.6 Å². The molecule has 54 heavy (non-hydrogen) atoms. The molecule has 5 amide bonds. The van der Waals surface area contributed by atoms with Gasteiger partial charge in [-0.25, -0.2) is 0 Å². The van der Waals surface area contributed by atoms with Crippen LogP contribution in [0.3, 0.4) is 0 Å². The Hall–Kier alpha value is -4.55. The number of unbranched alkanes of at least 4 members (excludes halogenated alkanes) is 1. The summed E-state index contributed by atoms with van der Waals surface area (Å²) in [6.45, 7) is 16.3. The third kappa shape index (κ3) is 12.2. The molecule has 13 nitrogen and oxygen atoms in total. The van der Waals surface area contributed by atoms with Crippen LogP contribution >= 0.6 is 0 Å². The van der Waals surface area contributed by atoms with Crippen LogP contribution in [-0.4, -0.2) is 76.9 Å². The molecule has 2 aliphatic rings. The number of allylic oxidation sites excluding steroid dienone is 1. The number of ketones is 1. The fourth-order valence-electron chi connectivity index (χ4n) is 7.45. The molecule has 298 valence electrons. The molecule has 2 unspecified atom stereocenters. The second kappa shape index (κ2) is 20.8. The van der Waals surface area contributed by atoms with Gasteiger partial charge in [-0.2, -0.15) is 0 Å². The van der Waals surface area contributed by atoms with Gasteiger partial charge in [0.2, 0.25) is 29.4 Å². The first-order valence-electron chi connectivity index (χ1n) is 19.5. The molecule has 1 aliphatic heterocycles. The summed E-state index contributed by atoms with van der Waals surface area (Å²) in [5.74, 6) is -4.08. The fraction of sp³-hybridized carbons (Fsp3) is 0.634. The Morgan fingerprint density at radius 3 is 2.11 bits per heavy atom. The molecule has 1 saturated heterocycles. The van der Waals surface area contributed by atoms with E-state index in [-0.39, 0.29) is 48.8 Å². The lowest BCUT2D eigenvalue weighted by Gasteiger charge is -2.34. The van der Waals surface area contributed by atoms with Crippen molar-refractivity contribution in [2.45, 2.75) is 136 Å². The van der Waals surface area contributed by atoms with Crippen molar-refractivity contribution in [2.24, 2.45) is 23.7 Å². The van der Waals surface area contributed by atoms with E-state index in [1.54, 1.807) is 32.6 Å². The van der Waals surface area contributed by atoms with Crippen LogP contribution in [0.15, 0.2) is 42.7 Å². The first-order valence-corrected chi connectivity index (χ1v) is 19.5. The van der Waals surface area contributed by atoms with Gasteiger partial charge in [-0.1, -0.05) is 84.4 Å². The van der Waals surface area contributed by atoms with E-state index >= 15 is 0 Å². The Balaban J connectivity index is 1.70. The number of benzene rings is 1. The number of rotatable bonds is 20. The Bertz CT molecular complexity index is 1510. The van der Waals surface area contributed by atoms with Crippen LogP contribution in [0.25, 0.3) is 0 Å². The summed E-state index contributed by atoms with van der Waals surface area (Å²) >= 11 is 0. The minimum absolute atomic E-state index is 0.0916. The lowest BCUT2D eigenvalue weighted by atomic mass is 9.92. The van der Waals surface area contributed by atoms with Crippen molar-refractivity contribution in [3.63, 3.8) is 0 Å². The van der Waals surface area contributed by atoms with Gasteiger partial charge in [0, 0.05) is 19.4 Å². The summed E-state index contributed by atoms with van der Waals surface area (Å²) in [6.07, 6.45) is 4.39. The van der Waals surface area contributed by atoms with E-state index in [4.69, 9.17) is 4.74 Å². The Kier molecular flexibility index (Phi) is 16.9. The number of hydrogen-bond donors (Lipinski definition) is 4. The van der Waals surface area contributed by atoms with Crippen molar-refractivity contribution in [1.82, 2.24) is 26.2 Å². The Morgan fingerprint density at radius 1 is 0.852 bits per heavy atom. The topological polar surface area (TPSA) is 180 Å². The molecule has 1 heterocycles. The molecule has 4 N–H and O–H groups in total. The van der Waals surface area contributed by atoms with Gasteiger partial charge in [0.25, 0.3) is 5.91 Å². The molecular formula is C41H61N5O8. The van der Waals surface area contributed by atoms with E-state index in [9.17, 15) is 33.6 Å². The Morgan fingerprint density at radius 2 is 1.50 bits per heavy atom. The number of nitrogens with one attached hydrogen (secondary N) is 4. The number of ether oxygens (including phenoxy) is 1. The van der Waals surface area contributed by atoms with Crippen molar-refractivity contribution in [3.8, 4) is 0 Å². The van der Waals surface area contributed by atoms with Gasteiger partial charge in [0.05, 0.1) is 17.8 Å². The predicted octanol–water partition coefficient (Wildman–Crippen LogP) is 4.26. The molecule has 1 saturated carbocycles. The van der Waals surface area contributed by atoms with Crippen LogP contribution < -0.4 is 21.3 Å². The molecule has 1 aliphatic carbocycles. The van der Waals surface area contributed by atoms with Gasteiger partial charge >= 0.3 is 5.97 Å². The summed E-state index contributed by atoms with van der Waals surface area (Å²) in [7, 11) is 0. The zero-order chi connectivity index (χ0) is 40.1. The molecule has 0 aromatic heterocycles. The number of esters is 1. The van der Waals surface area contributed by atoms with Crippen molar-refractivity contribution < 1.29 is 38.3 Å². The lowest BCUT2D eigenvalue weighted by Crippen LogP contribution is -2.60. The maximum atomic E-state index is 14.4. The summed E-state index contributed by atoms with van der Waals surface area (Å²) in [5.41, 5.74) is 0.839. The van der Waals surface area contributed by atoms with E-state index in [1.165, 1.54) is 0 Å². The van der Waals surface area contributed by atoms with Gasteiger partial charge in [-0.3, -0.25) is 33.6 Å². The van der Waals surface area contributed by atoms with Gasteiger partial charge < -0.3 is 30.9 Å². The standard InChI is InChI=1S/C41H61N5O8/c1-9-16-31(37(49)40(52)42-27(8)28-17-11-10-12-18-28)43-39(51)36-30-20-15-19-29(30)23-46(36)41(53)35(25(4)5)45-38(50)34(24(2)3)44-32(47)21-13-14-22-33(48)54-26(6)7/h10-12,17-18,24-25,27,29-31,34-36H,6,9,13-16,19-23H2,1-5,7-8H3,(H,42,52)(H,43,51)(H,44,47)(H,45,50)/t27-,29-,30-,31?,34-,35?,36-/m0/s1. The summed E-state index contributed by atoms with van der Waals surface area (Å²) in [6, 6.07) is 5.01. The summed E-state index contributed by atoms with van der Waals surface area (Å²) < 4.78 is 4.94. The smallest absolute Gasteiger partial charge is 0.310 e. The molecule has 0 spiro atoms. The molecular weight excluding hydrogens is 690 g/mol. The number of carbonyl (C=O) groups excluding carboxylic acids is 7. The lowest BCUT2D eigenvalue weighted by molar-refractivity contribution is -0.145. The van der Waals surface area contributed by atoms with E-state index in [0.29, 0.717) is 31.6 Å². The quantitative estimate of drug-likeness (QED) is 0.0661. The second-order valence-corrected chi connectivity index (χ2v) is 15.5. The highest BCUT2D eigenvalue weighted by atomic mass is 16.5. The highest BCUT2D eigenvalue weighted by molar-refractivity contribution is 6.38. The molecule has 1 aromatic rings. The SMILES string of the molecule is C=C(C)OC(=O)CCCCC(=O)N[C@H](C(=O)NC(C(=O)N1C[C@@H]2CCC[C@@H]2[C@H]1C(=O)NC(CCC)C(=O)C(=O)N[C@@H](C)c1ccccc1)C(C)C)C(C)C. The third-order valence-corrected chi connectivity index (χ3v) is 10.3. The first-order chi connectivity index (χ1) is 25.5. The highest BCUT2D eigenvalue weighted by Crippen LogP contribution is 2.42. The molecule has 1 aromatic carbocycles. The number of Topliss-reactive ketones (excluding diaryl/α,β-unsaturated/α-hetero) is 1. The minimum Gasteiger partial charge on any atom is -0.432 e. The zero-order valence-electron chi connectivity index (χ0n) is 33.1. The van der Waals surface area contributed by atoms with E-state index in [2.05, 4.69) is 27.8 Å². The zero-order valence-corrected chi connectivity index (χ0v) is 33.1. The number of fused-ring (bicyclic) bond motifs is 1. The van der Waals surface area contributed by atoms with Crippen LogP contribution in [0.5, 0.6) is 0 Å². The van der Waals surface area contributed by atoms with E-state index in [1.807, 2.05) is 51.1 Å². The van der Waals surface area contributed by atoms with Crippen LogP contribution in [-0.2, 0) is 38.3 Å². The van der Waals surface area contributed by atoms with Crippen LogP contribution in [0.1, 0.15) is 118 Å². The number of nitrogens with zero attached hydrogens (tertiary/aromatic N) is 1. The van der Waals surface area contributed by atoms with Gasteiger partial charge in [0.15, 0.2) is 0 Å². The minimum atomic E-state index is -1.07. The Labute approximate surface area is 320 Å². The van der Waals surface area contributed by atoms with Crippen LogP contribution in [0.4, 0.5) is 0 Å².